The molecule has 1 rings (SSSR count). The number of carbonyl (C=O) groups excluding carboxylic acids is 1. The number of nitrogens with one attached hydrogen (secondary N) is 1. The second-order valence-electron chi connectivity index (χ2n) is 4.52. The maximum Gasteiger partial charge on any atom is 0.220 e. The van der Waals surface area contributed by atoms with Gasteiger partial charge in [-0.1, -0.05) is 0 Å². The van der Waals surface area contributed by atoms with Gasteiger partial charge in [-0.2, -0.15) is 11.8 Å². The van der Waals surface area contributed by atoms with Crippen LogP contribution in [0.25, 0.3) is 0 Å². The molecule has 1 amide bonds. The first-order valence-electron chi connectivity index (χ1n) is 6.38. The minimum absolute atomic E-state index is 0.0995. The predicted molar refractivity (Wildman–Crippen MR) is 72.3 cm³/mol. The van der Waals surface area contributed by atoms with Crippen LogP contribution in [0.15, 0.2) is 0 Å². The van der Waals surface area contributed by atoms with Gasteiger partial charge < -0.3 is 15.3 Å². The molecule has 0 aromatic carbocycles. The fourth-order valence-corrected chi connectivity index (χ4v) is 2.35. The molecule has 5 heteroatoms. The molecule has 17 heavy (non-hydrogen) atoms. The maximum atomic E-state index is 11.3. The summed E-state index contributed by atoms with van der Waals surface area (Å²) in [4.78, 5) is 13.7. The molecule has 0 bridgehead atoms. The molecule has 1 fully saturated rings. The number of carbonyl (C=O) groups is 1. The van der Waals surface area contributed by atoms with Crippen molar-refractivity contribution in [2.75, 3.05) is 38.2 Å². The van der Waals surface area contributed by atoms with Gasteiger partial charge in [0.1, 0.15) is 0 Å². The van der Waals surface area contributed by atoms with E-state index in [1.54, 1.807) is 11.8 Å². The van der Waals surface area contributed by atoms with Crippen LogP contribution in [0.3, 0.4) is 0 Å². The molecule has 4 nitrogen and oxygen atoms in total. The van der Waals surface area contributed by atoms with E-state index < -0.39 is 0 Å². The van der Waals surface area contributed by atoms with E-state index in [9.17, 15) is 9.90 Å². The van der Waals surface area contributed by atoms with Gasteiger partial charge in [0.25, 0.3) is 0 Å². The molecule has 0 aliphatic carbocycles. The Morgan fingerprint density at radius 2 is 2.18 bits per heavy atom. The van der Waals surface area contributed by atoms with Crippen molar-refractivity contribution < 1.29 is 9.90 Å². The lowest BCUT2D eigenvalue weighted by Gasteiger charge is -2.29. The lowest BCUT2D eigenvalue weighted by atomic mass is 10.1. The third kappa shape index (κ3) is 6.91. The molecule has 100 valence electrons. The number of hydrogen-bond donors (Lipinski definition) is 2. The van der Waals surface area contributed by atoms with Crippen LogP contribution < -0.4 is 5.32 Å². The molecule has 0 atom stereocenters. The van der Waals surface area contributed by atoms with Gasteiger partial charge in [0.15, 0.2) is 0 Å². The quantitative estimate of drug-likeness (QED) is 0.662. The second-order valence-corrected chi connectivity index (χ2v) is 5.50. The first-order chi connectivity index (χ1) is 8.22. The van der Waals surface area contributed by atoms with Crippen LogP contribution in [0.4, 0.5) is 0 Å². The van der Waals surface area contributed by atoms with Crippen molar-refractivity contribution in [3.05, 3.63) is 0 Å². The van der Waals surface area contributed by atoms with E-state index in [2.05, 4.69) is 10.2 Å². The Hall–Kier alpha value is -0.260. The van der Waals surface area contributed by atoms with Gasteiger partial charge in [0.2, 0.25) is 5.91 Å². The summed E-state index contributed by atoms with van der Waals surface area (Å²) in [5.74, 6) is 1.06. The van der Waals surface area contributed by atoms with Crippen molar-refractivity contribution in [2.24, 2.45) is 0 Å². The summed E-state index contributed by atoms with van der Waals surface area (Å²) in [6, 6.07) is 0. The van der Waals surface area contributed by atoms with Crippen LogP contribution in [-0.4, -0.2) is 60.2 Å². The molecule has 0 aromatic rings. The Morgan fingerprint density at radius 3 is 2.82 bits per heavy atom. The molecule has 0 spiro atoms. The van der Waals surface area contributed by atoms with E-state index in [-0.39, 0.29) is 12.0 Å². The zero-order chi connectivity index (χ0) is 12.5. The zero-order valence-electron chi connectivity index (χ0n) is 10.7. The van der Waals surface area contributed by atoms with Gasteiger partial charge in [-0.25, -0.2) is 0 Å². The molecule has 0 radical (unpaired) electrons. The summed E-state index contributed by atoms with van der Waals surface area (Å²) < 4.78 is 0. The summed E-state index contributed by atoms with van der Waals surface area (Å²) in [6.07, 6.45) is 5.31. The number of piperidine rings is 1. The number of aliphatic hydroxyl groups excluding tert-OH is 1. The highest BCUT2D eigenvalue weighted by Gasteiger charge is 2.15. The lowest BCUT2D eigenvalue weighted by molar-refractivity contribution is -0.120. The Balaban J connectivity index is 1.95. The van der Waals surface area contributed by atoms with E-state index in [1.165, 1.54) is 0 Å². The van der Waals surface area contributed by atoms with Gasteiger partial charge in [0.05, 0.1) is 6.10 Å². The molecule has 0 unspecified atom stereocenters. The molecule has 1 saturated heterocycles. The molecule has 2 N–H and O–H groups in total. The molecule has 0 saturated carbocycles. The number of hydrogen-bond acceptors (Lipinski definition) is 4. The van der Waals surface area contributed by atoms with Gasteiger partial charge >= 0.3 is 0 Å². The summed E-state index contributed by atoms with van der Waals surface area (Å²) in [6.45, 7) is 3.77. The number of amides is 1. The SMILES string of the molecule is CSCCC(=O)NCCCN1CCC(O)CC1. The highest BCUT2D eigenvalue weighted by molar-refractivity contribution is 7.98. The monoisotopic (exact) mass is 260 g/mol. The van der Waals surface area contributed by atoms with Crippen LogP contribution in [0.2, 0.25) is 0 Å². The van der Waals surface area contributed by atoms with E-state index in [4.69, 9.17) is 0 Å². The smallest absolute Gasteiger partial charge is 0.220 e. The van der Waals surface area contributed by atoms with Crippen molar-refractivity contribution in [3.63, 3.8) is 0 Å². The van der Waals surface area contributed by atoms with E-state index >= 15 is 0 Å². The second kappa shape index (κ2) is 8.78. The molecular weight excluding hydrogens is 236 g/mol. The molecule has 0 aromatic heterocycles. The summed E-state index contributed by atoms with van der Waals surface area (Å²) >= 11 is 1.70. The molecule has 1 aliphatic heterocycles. The fourth-order valence-electron chi connectivity index (χ4n) is 1.96. The van der Waals surface area contributed by atoms with E-state index in [0.717, 1.165) is 51.2 Å². The third-order valence-electron chi connectivity index (χ3n) is 3.06. The maximum absolute atomic E-state index is 11.3. The van der Waals surface area contributed by atoms with Gasteiger partial charge in [-0.15, -0.1) is 0 Å². The number of thioether (sulfide) groups is 1. The van der Waals surface area contributed by atoms with Crippen molar-refractivity contribution in [3.8, 4) is 0 Å². The normalized spacial score (nSPS) is 18.2. The average molecular weight is 260 g/mol. The highest BCUT2D eigenvalue weighted by Crippen LogP contribution is 2.09. The van der Waals surface area contributed by atoms with E-state index in [0.29, 0.717) is 6.42 Å². The standard InChI is InChI=1S/C12H24N2O2S/c1-17-10-5-12(16)13-6-2-7-14-8-3-11(15)4-9-14/h11,15H,2-10H2,1H3,(H,13,16). The van der Waals surface area contributed by atoms with Crippen molar-refractivity contribution >= 4 is 17.7 Å². The number of rotatable bonds is 7. The van der Waals surface area contributed by atoms with E-state index in [1.807, 2.05) is 6.26 Å². The third-order valence-corrected chi connectivity index (χ3v) is 3.68. The van der Waals surface area contributed by atoms with Crippen molar-refractivity contribution in [2.45, 2.75) is 31.8 Å². The van der Waals surface area contributed by atoms with Gasteiger partial charge in [-0.05, 0) is 32.1 Å². The predicted octanol–water partition coefficient (Wildman–Crippen LogP) is 0.702. The summed E-state index contributed by atoms with van der Waals surface area (Å²) in [7, 11) is 0. The Morgan fingerprint density at radius 1 is 1.47 bits per heavy atom. The Kier molecular flexibility index (Phi) is 7.64. The van der Waals surface area contributed by atoms with Crippen LogP contribution in [-0.2, 0) is 4.79 Å². The van der Waals surface area contributed by atoms with Crippen molar-refractivity contribution in [1.29, 1.82) is 0 Å². The summed E-state index contributed by atoms with van der Waals surface area (Å²) in [5.41, 5.74) is 0. The Labute approximate surface area is 108 Å². The number of nitrogens with zero attached hydrogens (tertiary/aromatic N) is 1. The highest BCUT2D eigenvalue weighted by atomic mass is 32.2. The van der Waals surface area contributed by atoms with Crippen LogP contribution >= 0.6 is 11.8 Å². The first kappa shape index (κ1) is 14.8. The van der Waals surface area contributed by atoms with Crippen LogP contribution in [0.1, 0.15) is 25.7 Å². The topological polar surface area (TPSA) is 52.6 Å². The summed E-state index contributed by atoms with van der Waals surface area (Å²) in [5, 5.41) is 12.3. The minimum Gasteiger partial charge on any atom is -0.393 e. The fraction of sp³-hybridized carbons (Fsp3) is 0.917. The Bertz CT molecular complexity index is 219. The lowest BCUT2D eigenvalue weighted by Crippen LogP contribution is -2.37. The first-order valence-corrected chi connectivity index (χ1v) is 7.78. The van der Waals surface area contributed by atoms with Crippen LogP contribution in [0.5, 0.6) is 0 Å². The number of aliphatic hydroxyl groups is 1. The largest absolute Gasteiger partial charge is 0.393 e. The van der Waals surface area contributed by atoms with Gasteiger partial charge in [-0.3, -0.25) is 4.79 Å². The van der Waals surface area contributed by atoms with Crippen LogP contribution in [0, 0.1) is 0 Å². The molecule has 1 heterocycles. The van der Waals surface area contributed by atoms with Crippen molar-refractivity contribution in [1.82, 2.24) is 10.2 Å². The average Bonchev–Trinajstić information content (AvgIpc) is 2.34. The molecular formula is C12H24N2O2S. The minimum atomic E-state index is -0.0995. The van der Waals surface area contributed by atoms with Gasteiger partial charge in [0, 0.05) is 31.8 Å². The molecule has 1 aliphatic rings. The number of likely N-dealkylation sites (tertiary alicyclic amines) is 1. The zero-order valence-corrected chi connectivity index (χ0v) is 11.5.